The molecule has 1 N–H and O–H groups in total. The maximum Gasteiger partial charge on any atom is 0.318 e. The Bertz CT molecular complexity index is 778. The predicted octanol–water partition coefficient (Wildman–Crippen LogP) is 1.98. The molecule has 0 radical (unpaired) electrons. The van der Waals surface area contributed by atoms with Gasteiger partial charge in [-0.15, -0.1) is 0 Å². The van der Waals surface area contributed by atoms with E-state index in [1.807, 2.05) is 31.2 Å². The number of carbonyl (C=O) groups is 2. The first-order valence-corrected chi connectivity index (χ1v) is 8.65. The summed E-state index contributed by atoms with van der Waals surface area (Å²) in [6, 6.07) is 7.23. The zero-order valence-electron chi connectivity index (χ0n) is 15.2. The molecule has 8 heteroatoms. The van der Waals surface area contributed by atoms with Crippen molar-refractivity contribution in [3.05, 3.63) is 35.7 Å². The normalized spacial score (nSPS) is 15.7. The molecule has 0 bridgehead atoms. The monoisotopic (exact) mass is 357 g/mol. The Hall–Kier alpha value is -2.90. The van der Waals surface area contributed by atoms with Crippen LogP contribution in [0.25, 0.3) is 11.4 Å². The van der Waals surface area contributed by atoms with Crippen LogP contribution < -0.4 is 5.32 Å². The van der Waals surface area contributed by atoms with Crippen molar-refractivity contribution in [3.8, 4) is 11.4 Å². The van der Waals surface area contributed by atoms with Gasteiger partial charge in [-0.3, -0.25) is 4.79 Å². The van der Waals surface area contributed by atoms with Crippen LogP contribution in [0.4, 0.5) is 4.79 Å². The standard InChI is InChI=1S/C18H23N5O3/c1-12-4-6-15(7-5-12)16-20-17(26-21-16)13(2)19-18(25)23-10-8-22(9-11-23)14(3)24/h4-7,13H,8-11H2,1-3H3,(H,19,25)/t13-/m0/s1. The second-order valence-electron chi connectivity index (χ2n) is 6.49. The molecule has 0 aliphatic carbocycles. The molecule has 8 nitrogen and oxygen atoms in total. The van der Waals surface area contributed by atoms with Crippen LogP contribution in [0.15, 0.2) is 28.8 Å². The fraction of sp³-hybridized carbons (Fsp3) is 0.444. The van der Waals surface area contributed by atoms with Crippen LogP contribution in [-0.2, 0) is 4.79 Å². The van der Waals surface area contributed by atoms with E-state index in [1.165, 1.54) is 0 Å². The number of benzene rings is 1. The Morgan fingerprint density at radius 2 is 1.73 bits per heavy atom. The second kappa shape index (κ2) is 7.55. The van der Waals surface area contributed by atoms with Crippen molar-refractivity contribution < 1.29 is 14.1 Å². The Labute approximate surface area is 152 Å². The average Bonchev–Trinajstić information content (AvgIpc) is 3.12. The van der Waals surface area contributed by atoms with Crippen molar-refractivity contribution in [2.45, 2.75) is 26.8 Å². The molecule has 1 aromatic carbocycles. The Morgan fingerprint density at radius 3 is 2.35 bits per heavy atom. The third-order valence-electron chi connectivity index (χ3n) is 4.47. The van der Waals surface area contributed by atoms with Gasteiger partial charge in [0.1, 0.15) is 6.04 Å². The number of hydrogen-bond acceptors (Lipinski definition) is 5. The Balaban J connectivity index is 1.58. The largest absolute Gasteiger partial charge is 0.339 e. The van der Waals surface area contributed by atoms with E-state index in [1.54, 1.807) is 23.6 Å². The molecular weight excluding hydrogens is 334 g/mol. The summed E-state index contributed by atoms with van der Waals surface area (Å²) in [6.45, 7) is 7.48. The zero-order valence-corrected chi connectivity index (χ0v) is 15.2. The third kappa shape index (κ3) is 4.01. The first-order chi connectivity index (χ1) is 12.4. The van der Waals surface area contributed by atoms with Gasteiger partial charge in [-0.2, -0.15) is 4.98 Å². The minimum atomic E-state index is -0.403. The number of nitrogens with one attached hydrogen (secondary N) is 1. The van der Waals surface area contributed by atoms with E-state index in [0.717, 1.165) is 11.1 Å². The van der Waals surface area contributed by atoms with Crippen LogP contribution in [0, 0.1) is 6.92 Å². The lowest BCUT2D eigenvalue weighted by Gasteiger charge is -2.34. The van der Waals surface area contributed by atoms with Gasteiger partial charge in [-0.05, 0) is 13.8 Å². The number of carbonyl (C=O) groups excluding carboxylic acids is 2. The maximum absolute atomic E-state index is 12.4. The molecule has 1 fully saturated rings. The summed E-state index contributed by atoms with van der Waals surface area (Å²) in [5.41, 5.74) is 2.02. The number of aryl methyl sites for hydroxylation is 1. The molecule has 1 saturated heterocycles. The van der Waals surface area contributed by atoms with Gasteiger partial charge >= 0.3 is 6.03 Å². The lowest BCUT2D eigenvalue weighted by molar-refractivity contribution is -0.130. The number of nitrogens with zero attached hydrogens (tertiary/aromatic N) is 4. The molecule has 1 atom stereocenters. The first-order valence-electron chi connectivity index (χ1n) is 8.65. The highest BCUT2D eigenvalue weighted by atomic mass is 16.5. The van der Waals surface area contributed by atoms with Crippen LogP contribution in [0.5, 0.6) is 0 Å². The number of piperazine rings is 1. The minimum absolute atomic E-state index is 0.0351. The topological polar surface area (TPSA) is 91.6 Å². The highest BCUT2D eigenvalue weighted by molar-refractivity contribution is 5.76. The second-order valence-corrected chi connectivity index (χ2v) is 6.49. The van der Waals surface area contributed by atoms with Crippen LogP contribution in [0.3, 0.4) is 0 Å². The quantitative estimate of drug-likeness (QED) is 0.907. The molecule has 3 rings (SSSR count). The molecule has 1 aliphatic heterocycles. The molecule has 0 unspecified atom stereocenters. The van der Waals surface area contributed by atoms with E-state index in [-0.39, 0.29) is 11.9 Å². The predicted molar refractivity (Wildman–Crippen MR) is 95.2 cm³/mol. The molecule has 2 aromatic rings. The minimum Gasteiger partial charge on any atom is -0.339 e. The number of rotatable bonds is 3. The Kier molecular flexibility index (Phi) is 5.20. The van der Waals surface area contributed by atoms with E-state index in [0.29, 0.717) is 37.9 Å². The van der Waals surface area contributed by atoms with Gasteiger partial charge in [0, 0.05) is 38.7 Å². The molecular formula is C18H23N5O3. The SMILES string of the molecule is CC(=O)N1CCN(C(=O)N[C@@H](C)c2nc(-c3ccc(C)cc3)no2)CC1. The van der Waals surface area contributed by atoms with Crippen LogP contribution in [-0.4, -0.2) is 58.1 Å². The van der Waals surface area contributed by atoms with Crippen molar-refractivity contribution in [1.82, 2.24) is 25.3 Å². The highest BCUT2D eigenvalue weighted by Gasteiger charge is 2.25. The van der Waals surface area contributed by atoms with Crippen molar-refractivity contribution >= 4 is 11.9 Å². The van der Waals surface area contributed by atoms with E-state index >= 15 is 0 Å². The summed E-state index contributed by atoms with van der Waals surface area (Å²) in [7, 11) is 0. The molecule has 1 aliphatic rings. The highest BCUT2D eigenvalue weighted by Crippen LogP contribution is 2.19. The van der Waals surface area contributed by atoms with E-state index < -0.39 is 6.04 Å². The fourth-order valence-corrected chi connectivity index (χ4v) is 2.79. The summed E-state index contributed by atoms with van der Waals surface area (Å²) >= 11 is 0. The van der Waals surface area contributed by atoms with Crippen molar-refractivity contribution in [3.63, 3.8) is 0 Å². The maximum atomic E-state index is 12.4. The van der Waals surface area contributed by atoms with Crippen LogP contribution in [0.2, 0.25) is 0 Å². The van der Waals surface area contributed by atoms with Gasteiger partial charge in [-0.25, -0.2) is 4.79 Å². The Morgan fingerprint density at radius 1 is 1.12 bits per heavy atom. The molecule has 0 spiro atoms. The van der Waals surface area contributed by atoms with Crippen molar-refractivity contribution in [2.24, 2.45) is 0 Å². The van der Waals surface area contributed by atoms with Crippen LogP contribution >= 0.6 is 0 Å². The molecule has 138 valence electrons. The number of amides is 3. The summed E-state index contributed by atoms with van der Waals surface area (Å²) in [5.74, 6) is 0.889. The van der Waals surface area contributed by atoms with Gasteiger partial charge in [0.25, 0.3) is 0 Å². The average molecular weight is 357 g/mol. The van der Waals surface area contributed by atoms with Gasteiger partial charge in [0.05, 0.1) is 0 Å². The molecule has 0 saturated carbocycles. The van der Waals surface area contributed by atoms with Gasteiger partial charge in [0.15, 0.2) is 0 Å². The lowest BCUT2D eigenvalue weighted by atomic mass is 10.1. The van der Waals surface area contributed by atoms with Crippen molar-refractivity contribution in [1.29, 1.82) is 0 Å². The summed E-state index contributed by atoms with van der Waals surface area (Å²) in [6.07, 6.45) is 0. The zero-order chi connectivity index (χ0) is 18.7. The molecule has 1 aromatic heterocycles. The van der Waals surface area contributed by atoms with Crippen molar-refractivity contribution in [2.75, 3.05) is 26.2 Å². The fourth-order valence-electron chi connectivity index (χ4n) is 2.79. The van der Waals surface area contributed by atoms with Crippen LogP contribution in [0.1, 0.15) is 31.3 Å². The number of hydrogen-bond donors (Lipinski definition) is 1. The van der Waals surface area contributed by atoms with Gasteiger partial charge in [-0.1, -0.05) is 35.0 Å². The van der Waals surface area contributed by atoms with Gasteiger partial charge < -0.3 is 19.6 Å². The third-order valence-corrected chi connectivity index (χ3v) is 4.47. The van der Waals surface area contributed by atoms with E-state index in [2.05, 4.69) is 15.5 Å². The summed E-state index contributed by atoms with van der Waals surface area (Å²) in [4.78, 5) is 31.6. The number of aromatic nitrogens is 2. The lowest BCUT2D eigenvalue weighted by Crippen LogP contribution is -2.53. The summed E-state index contributed by atoms with van der Waals surface area (Å²) < 4.78 is 5.30. The summed E-state index contributed by atoms with van der Waals surface area (Å²) in [5, 5.41) is 6.86. The number of urea groups is 1. The molecule has 3 amide bonds. The first kappa shape index (κ1) is 17.9. The smallest absolute Gasteiger partial charge is 0.318 e. The molecule has 2 heterocycles. The van der Waals surface area contributed by atoms with E-state index in [4.69, 9.17) is 4.52 Å². The molecule has 26 heavy (non-hydrogen) atoms. The van der Waals surface area contributed by atoms with E-state index in [9.17, 15) is 9.59 Å². The van der Waals surface area contributed by atoms with Gasteiger partial charge in [0.2, 0.25) is 17.6 Å².